The molecule has 2 aliphatic heterocycles. The Morgan fingerprint density at radius 2 is 1.23 bits per heavy atom. The van der Waals surface area contributed by atoms with Gasteiger partial charge in [-0.2, -0.15) is 0 Å². The lowest BCUT2D eigenvalue weighted by atomic mass is 10.1. The van der Waals surface area contributed by atoms with Crippen molar-refractivity contribution in [2.75, 3.05) is 64.2 Å². The highest BCUT2D eigenvalue weighted by Gasteiger charge is 2.28. The number of aryl methyl sites for hydroxylation is 2. The molecule has 2 saturated heterocycles. The van der Waals surface area contributed by atoms with Crippen molar-refractivity contribution < 1.29 is 14.3 Å². The molecule has 256 valence electrons. The van der Waals surface area contributed by atoms with Crippen molar-refractivity contribution in [1.82, 2.24) is 19.8 Å². The van der Waals surface area contributed by atoms with Crippen molar-refractivity contribution in [2.45, 2.75) is 45.4 Å². The van der Waals surface area contributed by atoms with Crippen LogP contribution in [0.25, 0.3) is 0 Å². The van der Waals surface area contributed by atoms with E-state index in [4.69, 9.17) is 9.47 Å². The third kappa shape index (κ3) is 9.84. The molecule has 2 fully saturated rings. The van der Waals surface area contributed by atoms with E-state index in [0.29, 0.717) is 5.88 Å². The smallest absolute Gasteiger partial charge is 0.255 e. The molecule has 0 aliphatic carbocycles. The van der Waals surface area contributed by atoms with E-state index in [2.05, 4.69) is 63.0 Å². The van der Waals surface area contributed by atoms with Crippen LogP contribution in [0.4, 0.5) is 11.4 Å². The maximum absolute atomic E-state index is 12.4. The second-order valence-corrected chi connectivity index (χ2v) is 12.9. The molecule has 4 heterocycles. The minimum atomic E-state index is 0. The third-order valence-corrected chi connectivity index (χ3v) is 8.33. The number of carbonyl (C=O) groups excluding carboxylic acids is 1. The van der Waals surface area contributed by atoms with Crippen LogP contribution in [-0.4, -0.2) is 92.3 Å². The summed E-state index contributed by atoms with van der Waals surface area (Å²) in [7, 11) is 7.77. The number of amides is 1. The molecule has 2 aliphatic rings. The van der Waals surface area contributed by atoms with Crippen LogP contribution in [0, 0.1) is 13.8 Å². The average Bonchev–Trinajstić information content (AvgIpc) is 3.73. The first kappa shape index (κ1) is 36.5. The largest absolute Gasteiger partial charge is 0.472 e. The number of pyridine rings is 2. The van der Waals surface area contributed by atoms with Gasteiger partial charge in [-0.3, -0.25) is 4.79 Å². The van der Waals surface area contributed by atoms with Gasteiger partial charge in [-0.05, 0) is 62.8 Å². The van der Waals surface area contributed by atoms with Gasteiger partial charge in [0.1, 0.15) is 12.2 Å². The number of aromatic nitrogens is 2. The summed E-state index contributed by atoms with van der Waals surface area (Å²) in [5.41, 5.74) is 6.67. The molecule has 9 nitrogen and oxygen atoms in total. The Labute approximate surface area is 291 Å². The van der Waals surface area contributed by atoms with E-state index >= 15 is 0 Å². The summed E-state index contributed by atoms with van der Waals surface area (Å²) in [6.07, 6.45) is 5.91. The molecule has 2 aromatic heterocycles. The normalized spacial score (nSPS) is 17.0. The fourth-order valence-corrected chi connectivity index (χ4v) is 5.94. The molecular weight excluding hydrogens is 624 g/mol. The topological polar surface area (TPSA) is 74.3 Å². The molecule has 2 aromatic carbocycles. The van der Waals surface area contributed by atoms with Crippen molar-refractivity contribution in [3.8, 4) is 11.8 Å². The molecule has 0 unspecified atom stereocenters. The van der Waals surface area contributed by atoms with E-state index in [1.54, 1.807) is 19.0 Å². The van der Waals surface area contributed by atoms with E-state index in [9.17, 15) is 4.79 Å². The van der Waals surface area contributed by atoms with Crippen LogP contribution in [-0.2, 0) is 6.54 Å². The molecule has 10 heteroatoms. The van der Waals surface area contributed by atoms with Crippen molar-refractivity contribution >= 4 is 29.7 Å². The maximum Gasteiger partial charge on any atom is 0.255 e. The van der Waals surface area contributed by atoms with Crippen LogP contribution in [0.15, 0.2) is 85.2 Å². The molecular formula is C38H49ClN6O3. The molecule has 0 spiro atoms. The number of halogens is 1. The number of rotatable bonds is 9. The zero-order valence-electron chi connectivity index (χ0n) is 29.0. The van der Waals surface area contributed by atoms with Crippen molar-refractivity contribution in [3.63, 3.8) is 0 Å². The van der Waals surface area contributed by atoms with Gasteiger partial charge in [0.15, 0.2) is 0 Å². The van der Waals surface area contributed by atoms with Crippen LogP contribution in [0.2, 0.25) is 0 Å². The quantitative estimate of drug-likeness (QED) is 0.206. The summed E-state index contributed by atoms with van der Waals surface area (Å²) in [5.74, 6) is 1.41. The highest BCUT2D eigenvalue weighted by molar-refractivity contribution is 5.99. The number of benzene rings is 2. The highest BCUT2D eigenvalue weighted by Crippen LogP contribution is 2.28. The predicted molar refractivity (Wildman–Crippen MR) is 196 cm³/mol. The van der Waals surface area contributed by atoms with Gasteiger partial charge in [0.05, 0.1) is 18.7 Å². The molecule has 4 aromatic rings. The number of nitrogens with zero attached hydrogens (tertiary/aromatic N) is 6. The summed E-state index contributed by atoms with van der Waals surface area (Å²) in [6, 6.07) is 24.3. The Hall–Kier alpha value is -4.34. The van der Waals surface area contributed by atoms with Gasteiger partial charge in [0.2, 0.25) is 11.8 Å². The number of ether oxygens (including phenoxy) is 2. The van der Waals surface area contributed by atoms with E-state index in [0.717, 1.165) is 73.8 Å². The summed E-state index contributed by atoms with van der Waals surface area (Å²) in [4.78, 5) is 29.5. The van der Waals surface area contributed by atoms with Crippen LogP contribution >= 0.6 is 12.4 Å². The Kier molecular flexibility index (Phi) is 13.1. The molecule has 0 radical (unpaired) electrons. The standard InChI is InChI=1S/C19H23N3O2.C19H25N3O.ClH/c1-14-8-9-18(20-12-14)24-15-10-11-22(13-15)17-7-5-4-6-16(17)19(23)21(2)3;1-15-8-9-19(20-12-15)23-17-10-11-22(14-17)18-7-5-4-6-16(18)13-21(2)3;/h4-9,12,15H,10-11,13H2,1-3H3;4-9,12,17H,10-11,13-14H2,1-3H3;1H/t15-;17-;/m11./s1. The van der Waals surface area contributed by atoms with Gasteiger partial charge in [-0.25, -0.2) is 9.97 Å². The van der Waals surface area contributed by atoms with E-state index in [1.165, 1.54) is 11.3 Å². The zero-order valence-corrected chi connectivity index (χ0v) is 29.8. The van der Waals surface area contributed by atoms with Crippen LogP contribution in [0.1, 0.15) is 39.9 Å². The first-order valence-electron chi connectivity index (χ1n) is 16.4. The second-order valence-electron chi connectivity index (χ2n) is 12.9. The van der Waals surface area contributed by atoms with Gasteiger partial charge in [-0.1, -0.05) is 42.5 Å². The third-order valence-electron chi connectivity index (χ3n) is 8.33. The minimum Gasteiger partial charge on any atom is -0.472 e. The number of hydrogen-bond acceptors (Lipinski definition) is 8. The Morgan fingerprint density at radius 3 is 1.73 bits per heavy atom. The minimum absolute atomic E-state index is 0. The molecule has 1 amide bonds. The maximum atomic E-state index is 12.4. The lowest BCUT2D eigenvalue weighted by Crippen LogP contribution is -2.28. The molecule has 0 bridgehead atoms. The van der Waals surface area contributed by atoms with E-state index < -0.39 is 0 Å². The first-order valence-corrected chi connectivity index (χ1v) is 16.4. The number of carbonyl (C=O) groups is 1. The first-order chi connectivity index (χ1) is 22.7. The monoisotopic (exact) mass is 672 g/mol. The number of para-hydroxylation sites is 2. The molecule has 48 heavy (non-hydrogen) atoms. The molecule has 0 N–H and O–H groups in total. The van der Waals surface area contributed by atoms with E-state index in [-0.39, 0.29) is 30.5 Å². The molecule has 6 rings (SSSR count). The van der Waals surface area contributed by atoms with E-state index in [1.807, 2.05) is 74.8 Å². The van der Waals surface area contributed by atoms with Crippen molar-refractivity contribution in [3.05, 3.63) is 107 Å². The summed E-state index contributed by atoms with van der Waals surface area (Å²) < 4.78 is 12.0. The van der Waals surface area contributed by atoms with Gasteiger partial charge in [0.25, 0.3) is 5.91 Å². The van der Waals surface area contributed by atoms with Gasteiger partial charge < -0.3 is 29.1 Å². The van der Waals surface area contributed by atoms with Crippen molar-refractivity contribution in [1.29, 1.82) is 0 Å². The average molecular weight is 673 g/mol. The lowest BCUT2D eigenvalue weighted by Gasteiger charge is -2.23. The van der Waals surface area contributed by atoms with Gasteiger partial charge in [0, 0.05) is 82.5 Å². The highest BCUT2D eigenvalue weighted by atomic mass is 35.5. The fraction of sp³-hybridized carbons (Fsp3) is 0.395. The molecule has 2 atom stereocenters. The zero-order chi connectivity index (χ0) is 33.3. The van der Waals surface area contributed by atoms with Crippen LogP contribution in [0.3, 0.4) is 0 Å². The Morgan fingerprint density at radius 1 is 0.729 bits per heavy atom. The van der Waals surface area contributed by atoms with Gasteiger partial charge >= 0.3 is 0 Å². The van der Waals surface area contributed by atoms with Crippen molar-refractivity contribution in [2.24, 2.45) is 0 Å². The summed E-state index contributed by atoms with van der Waals surface area (Å²) in [6.45, 7) is 8.57. The lowest BCUT2D eigenvalue weighted by molar-refractivity contribution is 0.0828. The second kappa shape index (κ2) is 17.2. The Bertz CT molecular complexity index is 1600. The Balaban J connectivity index is 0.000000212. The number of hydrogen-bond donors (Lipinski definition) is 0. The SMILES string of the molecule is Cc1ccc(O[C@@H]2CCN(c3ccccc3C(=O)N(C)C)C2)nc1.Cc1ccc(O[C@@H]2CCN(c3ccccc3CN(C)C)C2)nc1.Cl. The summed E-state index contributed by atoms with van der Waals surface area (Å²) in [5, 5.41) is 0. The summed E-state index contributed by atoms with van der Waals surface area (Å²) >= 11 is 0. The van der Waals surface area contributed by atoms with Crippen LogP contribution in [0.5, 0.6) is 11.8 Å². The van der Waals surface area contributed by atoms with Gasteiger partial charge in [-0.15, -0.1) is 12.4 Å². The van der Waals surface area contributed by atoms with Crippen LogP contribution < -0.4 is 19.3 Å². The predicted octanol–water partition coefficient (Wildman–Crippen LogP) is 6.28. The number of anilines is 2. The molecule has 0 saturated carbocycles. The fourth-order valence-electron chi connectivity index (χ4n) is 5.94.